The number of rotatable bonds is 5. The molecular formula is C10H15ClN2O2S. The van der Waals surface area contributed by atoms with E-state index in [2.05, 4.69) is 4.98 Å². The minimum Gasteiger partial charge on any atom is -0.264 e. The van der Waals surface area contributed by atoms with Crippen molar-refractivity contribution < 1.29 is 8.42 Å². The summed E-state index contributed by atoms with van der Waals surface area (Å²) in [5.74, 6) is 0.0969. The summed E-state index contributed by atoms with van der Waals surface area (Å²) in [7, 11) is -1.77. The number of alkyl halides is 1. The van der Waals surface area contributed by atoms with E-state index in [1.54, 1.807) is 32.4 Å². The van der Waals surface area contributed by atoms with Crippen molar-refractivity contribution in [1.29, 1.82) is 0 Å². The maximum Gasteiger partial charge on any atom is 0.217 e. The van der Waals surface area contributed by atoms with Crippen LogP contribution in [0.5, 0.6) is 0 Å². The molecule has 0 aromatic carbocycles. The van der Waals surface area contributed by atoms with Gasteiger partial charge in [0.05, 0.1) is 5.25 Å². The van der Waals surface area contributed by atoms with Crippen LogP contribution in [0.1, 0.15) is 12.5 Å². The highest BCUT2D eigenvalue weighted by atomic mass is 35.5. The van der Waals surface area contributed by atoms with Crippen molar-refractivity contribution in [3.63, 3.8) is 0 Å². The molecule has 1 heterocycles. The van der Waals surface area contributed by atoms with Crippen molar-refractivity contribution >= 4 is 21.6 Å². The minimum atomic E-state index is -3.31. The second-order valence-corrected chi connectivity index (χ2v) is 6.39. The Morgan fingerprint density at radius 3 is 2.75 bits per heavy atom. The van der Waals surface area contributed by atoms with Gasteiger partial charge in [-0.3, -0.25) is 4.98 Å². The molecule has 0 spiro atoms. The van der Waals surface area contributed by atoms with Gasteiger partial charge in [0.1, 0.15) is 0 Å². The van der Waals surface area contributed by atoms with Gasteiger partial charge in [-0.15, -0.1) is 11.6 Å². The second kappa shape index (κ2) is 5.61. The number of hydrogen-bond acceptors (Lipinski definition) is 3. The van der Waals surface area contributed by atoms with Crippen molar-refractivity contribution in [3.8, 4) is 0 Å². The molecule has 1 aromatic heterocycles. The van der Waals surface area contributed by atoms with Crippen molar-refractivity contribution in [2.24, 2.45) is 0 Å². The van der Waals surface area contributed by atoms with Gasteiger partial charge in [0.15, 0.2) is 0 Å². The van der Waals surface area contributed by atoms with Crippen LogP contribution in [0.3, 0.4) is 0 Å². The fourth-order valence-electron chi connectivity index (χ4n) is 1.23. The average Bonchev–Trinajstić information content (AvgIpc) is 2.29. The zero-order valence-electron chi connectivity index (χ0n) is 9.30. The largest absolute Gasteiger partial charge is 0.264 e. The predicted molar refractivity (Wildman–Crippen MR) is 64.8 cm³/mol. The van der Waals surface area contributed by atoms with E-state index in [9.17, 15) is 8.42 Å². The van der Waals surface area contributed by atoms with Gasteiger partial charge in [-0.05, 0) is 18.6 Å². The van der Waals surface area contributed by atoms with Crippen LogP contribution in [0, 0.1) is 0 Å². The maximum absolute atomic E-state index is 11.9. The zero-order chi connectivity index (χ0) is 12.2. The van der Waals surface area contributed by atoms with E-state index in [-0.39, 0.29) is 5.88 Å². The Morgan fingerprint density at radius 1 is 1.56 bits per heavy atom. The van der Waals surface area contributed by atoms with Crippen LogP contribution in [0.15, 0.2) is 24.5 Å². The smallest absolute Gasteiger partial charge is 0.217 e. The molecule has 0 radical (unpaired) electrons. The first-order valence-electron chi connectivity index (χ1n) is 4.88. The lowest BCUT2D eigenvalue weighted by Crippen LogP contribution is -2.35. The molecule has 0 saturated heterocycles. The predicted octanol–water partition coefficient (Wildman–Crippen LogP) is 1.47. The normalized spacial score (nSPS) is 14.0. The topological polar surface area (TPSA) is 50.3 Å². The van der Waals surface area contributed by atoms with Gasteiger partial charge >= 0.3 is 0 Å². The van der Waals surface area contributed by atoms with Crippen LogP contribution < -0.4 is 0 Å². The SMILES string of the molecule is CC(CCl)S(=O)(=O)N(C)Cc1cccnc1. The van der Waals surface area contributed by atoms with Gasteiger partial charge in [0.25, 0.3) is 0 Å². The molecule has 16 heavy (non-hydrogen) atoms. The highest BCUT2D eigenvalue weighted by Gasteiger charge is 2.24. The Morgan fingerprint density at radius 2 is 2.25 bits per heavy atom. The number of halogens is 1. The zero-order valence-corrected chi connectivity index (χ0v) is 10.9. The summed E-state index contributed by atoms with van der Waals surface area (Å²) < 4.78 is 25.1. The van der Waals surface area contributed by atoms with Crippen molar-refractivity contribution in [3.05, 3.63) is 30.1 Å². The first-order chi connectivity index (χ1) is 7.48. The van der Waals surface area contributed by atoms with Crippen LogP contribution in [-0.4, -0.2) is 35.9 Å². The maximum atomic E-state index is 11.9. The summed E-state index contributed by atoms with van der Waals surface area (Å²) in [6, 6.07) is 3.62. The number of pyridine rings is 1. The molecule has 1 atom stereocenters. The van der Waals surface area contributed by atoms with Gasteiger partial charge in [-0.25, -0.2) is 12.7 Å². The first kappa shape index (κ1) is 13.4. The van der Waals surface area contributed by atoms with Gasteiger partial charge in [-0.2, -0.15) is 0 Å². The molecule has 4 nitrogen and oxygen atoms in total. The third-order valence-corrected chi connectivity index (χ3v) is 5.12. The molecule has 0 saturated carbocycles. The van der Waals surface area contributed by atoms with Crippen LogP contribution in [0.25, 0.3) is 0 Å². The highest BCUT2D eigenvalue weighted by molar-refractivity contribution is 7.89. The van der Waals surface area contributed by atoms with E-state index in [4.69, 9.17) is 11.6 Å². The standard InChI is InChI=1S/C10H15ClN2O2S/c1-9(6-11)16(14,15)13(2)8-10-4-3-5-12-7-10/h3-5,7,9H,6,8H2,1-2H3. The lowest BCUT2D eigenvalue weighted by atomic mass is 10.3. The molecule has 1 unspecified atom stereocenters. The van der Waals surface area contributed by atoms with Gasteiger partial charge in [0, 0.05) is 31.9 Å². The summed E-state index contributed by atoms with van der Waals surface area (Å²) in [4.78, 5) is 3.94. The molecule has 0 fully saturated rings. The molecule has 0 N–H and O–H groups in total. The lowest BCUT2D eigenvalue weighted by molar-refractivity contribution is 0.459. The van der Waals surface area contributed by atoms with Crippen LogP contribution in [0.4, 0.5) is 0 Å². The molecule has 0 aliphatic rings. The highest BCUT2D eigenvalue weighted by Crippen LogP contribution is 2.11. The van der Waals surface area contributed by atoms with Crippen molar-refractivity contribution in [2.75, 3.05) is 12.9 Å². The van der Waals surface area contributed by atoms with Crippen LogP contribution in [0.2, 0.25) is 0 Å². The van der Waals surface area contributed by atoms with E-state index in [0.29, 0.717) is 6.54 Å². The molecule has 0 bridgehead atoms. The quantitative estimate of drug-likeness (QED) is 0.755. The third-order valence-electron chi connectivity index (χ3n) is 2.29. The average molecular weight is 263 g/mol. The summed E-state index contributed by atoms with van der Waals surface area (Å²) >= 11 is 5.57. The Hall–Kier alpha value is -0.650. The van der Waals surface area contributed by atoms with Gasteiger partial charge < -0.3 is 0 Å². The molecule has 1 aromatic rings. The van der Waals surface area contributed by atoms with Crippen molar-refractivity contribution in [2.45, 2.75) is 18.7 Å². The van der Waals surface area contributed by atoms with E-state index in [1.165, 1.54) is 4.31 Å². The molecule has 0 aliphatic heterocycles. The Balaban J connectivity index is 2.77. The number of sulfonamides is 1. The first-order valence-corrected chi connectivity index (χ1v) is 6.92. The minimum absolute atomic E-state index is 0.0969. The van der Waals surface area contributed by atoms with Crippen LogP contribution in [-0.2, 0) is 16.6 Å². The third kappa shape index (κ3) is 3.17. The van der Waals surface area contributed by atoms with E-state index >= 15 is 0 Å². The summed E-state index contributed by atoms with van der Waals surface area (Å²) in [5.41, 5.74) is 0.857. The Labute approximate surface area is 101 Å². The summed E-state index contributed by atoms with van der Waals surface area (Å²) in [6.45, 7) is 1.92. The van der Waals surface area contributed by atoms with E-state index in [1.807, 2.05) is 6.07 Å². The molecular weight excluding hydrogens is 248 g/mol. The monoisotopic (exact) mass is 262 g/mol. The lowest BCUT2D eigenvalue weighted by Gasteiger charge is -2.20. The van der Waals surface area contributed by atoms with E-state index < -0.39 is 15.3 Å². The number of aromatic nitrogens is 1. The Bertz CT molecular complexity index is 422. The van der Waals surface area contributed by atoms with Crippen LogP contribution >= 0.6 is 11.6 Å². The summed E-state index contributed by atoms with van der Waals surface area (Å²) in [6.07, 6.45) is 3.30. The molecule has 90 valence electrons. The van der Waals surface area contributed by atoms with Gasteiger partial charge in [-0.1, -0.05) is 6.07 Å². The van der Waals surface area contributed by atoms with E-state index in [0.717, 1.165) is 5.56 Å². The van der Waals surface area contributed by atoms with Gasteiger partial charge in [0.2, 0.25) is 10.0 Å². The van der Waals surface area contributed by atoms with Crippen molar-refractivity contribution in [1.82, 2.24) is 9.29 Å². The summed E-state index contributed by atoms with van der Waals surface area (Å²) in [5, 5.41) is -0.573. The fourth-order valence-corrected chi connectivity index (χ4v) is 2.81. The Kier molecular flexibility index (Phi) is 4.70. The second-order valence-electron chi connectivity index (χ2n) is 3.63. The molecule has 0 aliphatic carbocycles. The number of nitrogens with zero attached hydrogens (tertiary/aromatic N) is 2. The number of hydrogen-bond donors (Lipinski definition) is 0. The fraction of sp³-hybridized carbons (Fsp3) is 0.500. The molecule has 0 amide bonds. The molecule has 1 rings (SSSR count). The molecule has 6 heteroatoms.